The number of carbonyl (C=O) groups excluding carboxylic acids is 1. The van der Waals surface area contributed by atoms with Crippen LogP contribution in [-0.2, 0) is 7.05 Å². The molecule has 1 N–H and O–H groups in total. The minimum Gasteiger partial charge on any atom is -0.307 e. The quantitative estimate of drug-likeness (QED) is 0.808. The molecule has 0 saturated heterocycles. The zero-order chi connectivity index (χ0) is 15.9. The lowest BCUT2D eigenvalue weighted by molar-refractivity contribution is 0.102. The Morgan fingerprint density at radius 2 is 2.05 bits per heavy atom. The fourth-order valence-electron chi connectivity index (χ4n) is 2.52. The molecule has 22 heavy (non-hydrogen) atoms. The van der Waals surface area contributed by atoms with Gasteiger partial charge >= 0.3 is 0 Å². The fraction of sp³-hybridized carbons (Fsp3) is 0.267. The molecule has 0 fully saturated rings. The van der Waals surface area contributed by atoms with E-state index in [2.05, 4.69) is 15.4 Å². The van der Waals surface area contributed by atoms with Gasteiger partial charge in [-0.2, -0.15) is 5.10 Å². The summed E-state index contributed by atoms with van der Waals surface area (Å²) in [5.41, 5.74) is 3.38. The average molecular weight is 315 g/mol. The number of thiazole rings is 1. The van der Waals surface area contributed by atoms with Crippen molar-refractivity contribution >= 4 is 23.1 Å². The minimum atomic E-state index is -0.140. The molecule has 0 unspecified atom stereocenters. The van der Waals surface area contributed by atoms with Crippen LogP contribution >= 0.6 is 11.3 Å². The van der Waals surface area contributed by atoms with Crippen molar-refractivity contribution in [1.29, 1.82) is 0 Å². The number of anilines is 1. The normalized spacial score (nSPS) is 10.9. The Labute approximate surface area is 132 Å². The second kappa shape index (κ2) is 5.42. The maximum atomic E-state index is 12.5. The molecular formula is C15H17N5OS. The Morgan fingerprint density at radius 3 is 2.64 bits per heavy atom. The van der Waals surface area contributed by atoms with Crippen LogP contribution in [0.15, 0.2) is 23.7 Å². The number of aryl methyl sites for hydroxylation is 3. The first-order valence-electron chi connectivity index (χ1n) is 6.88. The summed E-state index contributed by atoms with van der Waals surface area (Å²) < 4.78 is 3.65. The van der Waals surface area contributed by atoms with Crippen molar-refractivity contribution in [3.63, 3.8) is 0 Å². The molecule has 114 valence electrons. The molecule has 3 aromatic heterocycles. The van der Waals surface area contributed by atoms with E-state index >= 15 is 0 Å². The van der Waals surface area contributed by atoms with Crippen molar-refractivity contribution in [3.05, 3.63) is 46.4 Å². The van der Waals surface area contributed by atoms with Crippen LogP contribution < -0.4 is 5.32 Å². The van der Waals surface area contributed by atoms with E-state index in [-0.39, 0.29) is 5.91 Å². The number of rotatable bonds is 3. The van der Waals surface area contributed by atoms with Gasteiger partial charge in [-0.3, -0.25) is 14.0 Å². The van der Waals surface area contributed by atoms with E-state index in [1.54, 1.807) is 22.2 Å². The van der Waals surface area contributed by atoms with Gasteiger partial charge in [0, 0.05) is 36.1 Å². The van der Waals surface area contributed by atoms with Crippen LogP contribution in [0.3, 0.4) is 0 Å². The highest BCUT2D eigenvalue weighted by Crippen LogP contribution is 2.23. The van der Waals surface area contributed by atoms with Gasteiger partial charge < -0.3 is 5.32 Å². The minimum absolute atomic E-state index is 0.140. The molecule has 7 heteroatoms. The van der Waals surface area contributed by atoms with Gasteiger partial charge in [-0.1, -0.05) is 0 Å². The summed E-state index contributed by atoms with van der Waals surface area (Å²) in [6.07, 6.45) is 1.76. The van der Waals surface area contributed by atoms with Gasteiger partial charge in [-0.25, -0.2) is 4.98 Å². The van der Waals surface area contributed by atoms with Gasteiger partial charge in [0.05, 0.1) is 11.3 Å². The molecule has 0 aromatic carbocycles. The van der Waals surface area contributed by atoms with Crippen LogP contribution in [-0.4, -0.2) is 25.2 Å². The van der Waals surface area contributed by atoms with Crippen molar-refractivity contribution in [2.45, 2.75) is 20.8 Å². The maximum Gasteiger partial charge on any atom is 0.258 e. The Bertz CT molecular complexity index is 829. The van der Waals surface area contributed by atoms with E-state index in [9.17, 15) is 4.79 Å². The van der Waals surface area contributed by atoms with E-state index in [4.69, 9.17) is 0 Å². The molecular weight excluding hydrogens is 298 g/mol. The zero-order valence-corrected chi connectivity index (χ0v) is 13.7. The topological polar surface area (TPSA) is 64.7 Å². The number of aromatic nitrogens is 4. The first-order chi connectivity index (χ1) is 10.5. The third-order valence-corrected chi connectivity index (χ3v) is 4.29. The molecule has 0 atom stereocenters. The smallest absolute Gasteiger partial charge is 0.258 e. The zero-order valence-electron chi connectivity index (χ0n) is 12.9. The lowest BCUT2D eigenvalue weighted by atomic mass is 10.2. The third kappa shape index (κ3) is 2.43. The van der Waals surface area contributed by atoms with Gasteiger partial charge in [0.25, 0.3) is 5.91 Å². The van der Waals surface area contributed by atoms with E-state index in [1.165, 1.54) is 0 Å². The fourth-order valence-corrected chi connectivity index (χ4v) is 3.28. The average Bonchev–Trinajstić information content (AvgIpc) is 3.12. The van der Waals surface area contributed by atoms with Crippen LogP contribution in [0, 0.1) is 20.8 Å². The summed E-state index contributed by atoms with van der Waals surface area (Å²) in [5.74, 6) is 0.542. The summed E-state index contributed by atoms with van der Waals surface area (Å²) in [5, 5.41) is 9.93. The lowest BCUT2D eigenvalue weighted by Gasteiger charge is -2.07. The van der Waals surface area contributed by atoms with Crippen LogP contribution in [0.2, 0.25) is 0 Å². The van der Waals surface area contributed by atoms with Crippen molar-refractivity contribution in [3.8, 4) is 5.13 Å². The molecule has 1 amide bonds. The first-order valence-corrected chi connectivity index (χ1v) is 7.76. The molecule has 0 aliphatic heterocycles. The number of nitrogens with zero attached hydrogens (tertiary/aromatic N) is 4. The molecule has 3 aromatic rings. The molecule has 0 bridgehead atoms. The van der Waals surface area contributed by atoms with E-state index < -0.39 is 0 Å². The van der Waals surface area contributed by atoms with E-state index in [0.717, 1.165) is 22.2 Å². The Balaban J connectivity index is 1.94. The molecule has 3 heterocycles. The first kappa shape index (κ1) is 14.5. The largest absolute Gasteiger partial charge is 0.307 e. The number of nitrogens with one attached hydrogen (secondary N) is 1. The number of amides is 1. The summed E-state index contributed by atoms with van der Waals surface area (Å²) in [6, 6.07) is 3.73. The predicted octanol–water partition coefficient (Wildman–Crippen LogP) is 2.84. The molecule has 0 aliphatic rings. The number of carbonyl (C=O) groups is 1. The van der Waals surface area contributed by atoms with E-state index in [1.807, 2.05) is 49.9 Å². The SMILES string of the molecule is Cc1cc(NC(=O)c2cc(C)n(-c3nccs3)c2C)n(C)n1. The van der Waals surface area contributed by atoms with Gasteiger partial charge in [0.2, 0.25) is 0 Å². The van der Waals surface area contributed by atoms with Gasteiger partial charge in [-0.15, -0.1) is 11.3 Å². The summed E-state index contributed by atoms with van der Waals surface area (Å²) in [7, 11) is 1.81. The van der Waals surface area contributed by atoms with Gasteiger partial charge in [-0.05, 0) is 26.8 Å². The molecule has 0 radical (unpaired) electrons. The molecule has 3 rings (SSSR count). The van der Waals surface area contributed by atoms with Crippen LogP contribution in [0.1, 0.15) is 27.4 Å². The second-order valence-corrected chi connectivity index (χ2v) is 6.06. The standard InChI is InChI=1S/C15H17N5OS/c1-9-7-13(19(4)18-9)17-14(21)12-8-10(2)20(11(12)3)15-16-5-6-22-15/h5-8H,1-4H3,(H,17,21). The van der Waals surface area contributed by atoms with Gasteiger partial charge in [0.1, 0.15) is 5.82 Å². The Kier molecular flexibility index (Phi) is 3.58. The molecule has 0 aliphatic carbocycles. The monoisotopic (exact) mass is 315 g/mol. The second-order valence-electron chi connectivity index (χ2n) is 5.18. The van der Waals surface area contributed by atoms with Crippen LogP contribution in [0.25, 0.3) is 5.13 Å². The number of hydrogen-bond donors (Lipinski definition) is 1. The number of hydrogen-bond acceptors (Lipinski definition) is 4. The summed E-state index contributed by atoms with van der Waals surface area (Å²) in [4.78, 5) is 16.9. The van der Waals surface area contributed by atoms with Crippen LogP contribution in [0.5, 0.6) is 0 Å². The summed E-state index contributed by atoms with van der Waals surface area (Å²) in [6.45, 7) is 5.79. The highest BCUT2D eigenvalue weighted by Gasteiger charge is 2.18. The molecule has 0 saturated carbocycles. The maximum absolute atomic E-state index is 12.5. The highest BCUT2D eigenvalue weighted by molar-refractivity contribution is 7.12. The van der Waals surface area contributed by atoms with Crippen molar-refractivity contribution in [2.75, 3.05) is 5.32 Å². The third-order valence-electron chi connectivity index (χ3n) is 3.53. The Hall–Kier alpha value is -2.41. The molecule has 6 nitrogen and oxygen atoms in total. The lowest BCUT2D eigenvalue weighted by Crippen LogP contribution is -2.15. The predicted molar refractivity (Wildman–Crippen MR) is 86.8 cm³/mol. The van der Waals surface area contributed by atoms with Crippen LogP contribution in [0.4, 0.5) is 5.82 Å². The highest BCUT2D eigenvalue weighted by atomic mass is 32.1. The van der Waals surface area contributed by atoms with Crippen molar-refractivity contribution < 1.29 is 4.79 Å². The van der Waals surface area contributed by atoms with Crippen molar-refractivity contribution in [1.82, 2.24) is 19.3 Å². The summed E-state index contributed by atoms with van der Waals surface area (Å²) >= 11 is 1.55. The van der Waals surface area contributed by atoms with Gasteiger partial charge in [0.15, 0.2) is 5.13 Å². The van der Waals surface area contributed by atoms with Crippen molar-refractivity contribution in [2.24, 2.45) is 7.05 Å². The van der Waals surface area contributed by atoms with E-state index in [0.29, 0.717) is 11.4 Å². The Morgan fingerprint density at radius 1 is 1.27 bits per heavy atom. The molecule has 0 spiro atoms.